The molecule has 2 rings (SSSR count). The molecule has 0 saturated carbocycles. The molecule has 6 nitrogen and oxygen atoms in total. The molecular formula is C13H21N3O3. The third-order valence-electron chi connectivity index (χ3n) is 3.23. The molecule has 0 bridgehead atoms. The first kappa shape index (κ1) is 14.0. The van der Waals surface area contributed by atoms with Gasteiger partial charge in [0, 0.05) is 12.6 Å². The molecule has 106 valence electrons. The zero-order chi connectivity index (χ0) is 13.8. The average Bonchev–Trinajstić information content (AvgIpc) is 2.77. The molecule has 19 heavy (non-hydrogen) atoms. The van der Waals surface area contributed by atoms with Crippen molar-refractivity contribution < 1.29 is 14.4 Å². The highest BCUT2D eigenvalue weighted by Gasteiger charge is 2.20. The molecule has 1 aliphatic heterocycles. The number of aliphatic hydroxyl groups is 1. The summed E-state index contributed by atoms with van der Waals surface area (Å²) < 4.78 is 5.06. The third kappa shape index (κ3) is 4.04. The van der Waals surface area contributed by atoms with Crippen molar-refractivity contribution in [2.24, 2.45) is 0 Å². The van der Waals surface area contributed by atoms with E-state index >= 15 is 0 Å². The molecule has 1 saturated heterocycles. The van der Waals surface area contributed by atoms with Gasteiger partial charge in [-0.2, -0.15) is 0 Å². The molecule has 2 N–H and O–H groups in total. The number of piperidine rings is 1. The number of carbonyl (C=O) groups is 1. The van der Waals surface area contributed by atoms with E-state index in [1.54, 1.807) is 6.07 Å². The third-order valence-corrected chi connectivity index (χ3v) is 3.23. The van der Waals surface area contributed by atoms with Crippen LogP contribution in [0.4, 0.5) is 5.88 Å². The van der Waals surface area contributed by atoms with Gasteiger partial charge in [0.15, 0.2) is 0 Å². The molecular weight excluding hydrogens is 246 g/mol. The highest BCUT2D eigenvalue weighted by atomic mass is 16.5. The Morgan fingerprint density at radius 1 is 1.68 bits per heavy atom. The van der Waals surface area contributed by atoms with E-state index in [0.29, 0.717) is 12.4 Å². The van der Waals surface area contributed by atoms with Crippen LogP contribution in [0.5, 0.6) is 0 Å². The second kappa shape index (κ2) is 6.16. The lowest BCUT2D eigenvalue weighted by atomic mass is 10.1. The first-order valence-electron chi connectivity index (χ1n) is 6.71. The Labute approximate surface area is 112 Å². The molecule has 0 aromatic carbocycles. The highest BCUT2D eigenvalue weighted by molar-refractivity contribution is 5.90. The van der Waals surface area contributed by atoms with Crippen LogP contribution < -0.4 is 5.32 Å². The lowest BCUT2D eigenvalue weighted by molar-refractivity contribution is -0.118. The number of aliphatic hydroxyl groups excluding tert-OH is 1. The van der Waals surface area contributed by atoms with Crippen LogP contribution in [0, 0.1) is 0 Å². The number of carbonyl (C=O) groups excluding carboxylic acids is 1. The zero-order valence-electron chi connectivity index (χ0n) is 11.4. The Morgan fingerprint density at radius 3 is 3.11 bits per heavy atom. The van der Waals surface area contributed by atoms with Gasteiger partial charge in [-0.3, -0.25) is 15.0 Å². The number of β-amino-alcohol motifs (C(OH)–C–C–N with tert-alkyl or cyclic N) is 1. The van der Waals surface area contributed by atoms with Gasteiger partial charge < -0.3 is 9.63 Å². The maximum atomic E-state index is 11.8. The normalized spacial score (nSPS) is 20.7. The molecule has 0 spiro atoms. The highest BCUT2D eigenvalue weighted by Crippen LogP contribution is 2.17. The molecule has 0 aliphatic carbocycles. The van der Waals surface area contributed by atoms with Crippen molar-refractivity contribution in [1.29, 1.82) is 0 Å². The summed E-state index contributed by atoms with van der Waals surface area (Å²) >= 11 is 0. The van der Waals surface area contributed by atoms with E-state index in [4.69, 9.17) is 4.52 Å². The van der Waals surface area contributed by atoms with Gasteiger partial charge in [0.25, 0.3) is 0 Å². The van der Waals surface area contributed by atoms with Crippen molar-refractivity contribution in [1.82, 2.24) is 10.1 Å². The standard InChI is InChI=1S/C13H21N3O3/c1-9(2)11-6-13(19-15-11)14-12(18)8-16-5-3-4-10(17)7-16/h6,9-10,17H,3-5,7-8H2,1-2H3,(H,14,18)/t10-/m0/s1. The fourth-order valence-corrected chi connectivity index (χ4v) is 2.17. The van der Waals surface area contributed by atoms with Gasteiger partial charge in [-0.15, -0.1) is 0 Å². The minimum Gasteiger partial charge on any atom is -0.392 e. The Hall–Kier alpha value is -1.40. The number of nitrogens with zero attached hydrogens (tertiary/aromatic N) is 2. The smallest absolute Gasteiger partial charge is 0.240 e. The summed E-state index contributed by atoms with van der Waals surface area (Å²) in [6.45, 7) is 5.70. The van der Waals surface area contributed by atoms with Crippen molar-refractivity contribution in [3.05, 3.63) is 11.8 Å². The molecule has 1 aliphatic rings. The molecule has 6 heteroatoms. The van der Waals surface area contributed by atoms with Crippen molar-refractivity contribution in [2.45, 2.75) is 38.7 Å². The van der Waals surface area contributed by atoms with Gasteiger partial charge in [-0.1, -0.05) is 19.0 Å². The predicted octanol–water partition coefficient (Wildman–Crippen LogP) is 1.19. The summed E-state index contributed by atoms with van der Waals surface area (Å²) in [6.07, 6.45) is 1.42. The van der Waals surface area contributed by atoms with Crippen molar-refractivity contribution in [3.8, 4) is 0 Å². The molecule has 1 atom stereocenters. The summed E-state index contributed by atoms with van der Waals surface area (Å²) in [5.41, 5.74) is 0.823. The fraction of sp³-hybridized carbons (Fsp3) is 0.692. The van der Waals surface area contributed by atoms with E-state index < -0.39 is 0 Å². The lowest BCUT2D eigenvalue weighted by Crippen LogP contribution is -2.42. The van der Waals surface area contributed by atoms with E-state index in [1.807, 2.05) is 18.7 Å². The summed E-state index contributed by atoms with van der Waals surface area (Å²) in [5.74, 6) is 0.512. The van der Waals surface area contributed by atoms with Crippen LogP contribution in [-0.4, -0.2) is 46.8 Å². The minimum absolute atomic E-state index is 0.138. The molecule has 0 unspecified atom stereocenters. The maximum Gasteiger partial charge on any atom is 0.240 e. The summed E-state index contributed by atoms with van der Waals surface area (Å²) in [4.78, 5) is 13.8. The number of anilines is 1. The Morgan fingerprint density at radius 2 is 2.47 bits per heavy atom. The molecule has 1 aromatic rings. The fourth-order valence-electron chi connectivity index (χ4n) is 2.17. The van der Waals surface area contributed by atoms with Crippen LogP contribution in [0.15, 0.2) is 10.6 Å². The molecule has 1 fully saturated rings. The van der Waals surface area contributed by atoms with Crippen molar-refractivity contribution in [3.63, 3.8) is 0 Å². The number of hydrogen-bond donors (Lipinski definition) is 2. The van der Waals surface area contributed by atoms with Gasteiger partial charge in [-0.25, -0.2) is 0 Å². The van der Waals surface area contributed by atoms with E-state index in [9.17, 15) is 9.90 Å². The van der Waals surface area contributed by atoms with E-state index in [1.165, 1.54) is 0 Å². The van der Waals surface area contributed by atoms with Gasteiger partial charge in [0.05, 0.1) is 18.3 Å². The van der Waals surface area contributed by atoms with E-state index in [-0.39, 0.29) is 24.5 Å². The van der Waals surface area contributed by atoms with Crippen LogP contribution in [0.25, 0.3) is 0 Å². The van der Waals surface area contributed by atoms with Gasteiger partial charge in [0.1, 0.15) is 0 Å². The van der Waals surface area contributed by atoms with Gasteiger partial charge in [-0.05, 0) is 25.3 Å². The predicted molar refractivity (Wildman–Crippen MR) is 70.9 cm³/mol. The first-order chi connectivity index (χ1) is 9.04. The number of amides is 1. The van der Waals surface area contributed by atoms with E-state index in [2.05, 4.69) is 10.5 Å². The first-order valence-corrected chi connectivity index (χ1v) is 6.71. The number of likely N-dealkylation sites (tertiary alicyclic amines) is 1. The Balaban J connectivity index is 1.83. The molecule has 1 amide bonds. The molecule has 1 aromatic heterocycles. The minimum atomic E-state index is -0.320. The average molecular weight is 267 g/mol. The van der Waals surface area contributed by atoms with Crippen LogP contribution in [0.3, 0.4) is 0 Å². The monoisotopic (exact) mass is 267 g/mol. The largest absolute Gasteiger partial charge is 0.392 e. The second-order valence-corrected chi connectivity index (χ2v) is 5.35. The Bertz CT molecular complexity index is 431. The van der Waals surface area contributed by atoms with Crippen LogP contribution >= 0.6 is 0 Å². The number of rotatable bonds is 4. The van der Waals surface area contributed by atoms with Crippen LogP contribution in [0.2, 0.25) is 0 Å². The topological polar surface area (TPSA) is 78.6 Å². The maximum absolute atomic E-state index is 11.8. The molecule has 0 radical (unpaired) electrons. The summed E-state index contributed by atoms with van der Waals surface area (Å²) in [5, 5.41) is 16.1. The number of aromatic nitrogens is 1. The lowest BCUT2D eigenvalue weighted by Gasteiger charge is -2.29. The van der Waals surface area contributed by atoms with E-state index in [0.717, 1.165) is 25.1 Å². The quantitative estimate of drug-likeness (QED) is 0.856. The number of hydrogen-bond acceptors (Lipinski definition) is 5. The summed E-state index contributed by atoms with van der Waals surface area (Å²) in [7, 11) is 0. The van der Waals surface area contributed by atoms with Crippen molar-refractivity contribution in [2.75, 3.05) is 25.0 Å². The number of nitrogens with one attached hydrogen (secondary N) is 1. The second-order valence-electron chi connectivity index (χ2n) is 5.35. The molecule has 2 heterocycles. The van der Waals surface area contributed by atoms with Crippen LogP contribution in [0.1, 0.15) is 38.3 Å². The van der Waals surface area contributed by atoms with Gasteiger partial charge >= 0.3 is 0 Å². The SMILES string of the molecule is CC(C)c1cc(NC(=O)CN2CCC[C@H](O)C2)on1. The van der Waals surface area contributed by atoms with Crippen LogP contribution in [-0.2, 0) is 4.79 Å². The van der Waals surface area contributed by atoms with Crippen molar-refractivity contribution >= 4 is 11.8 Å². The van der Waals surface area contributed by atoms with Gasteiger partial charge in [0.2, 0.25) is 11.8 Å². The zero-order valence-corrected chi connectivity index (χ0v) is 11.4. The summed E-state index contributed by atoms with van der Waals surface area (Å²) in [6, 6.07) is 1.74. The Kier molecular flexibility index (Phi) is 4.55.